The minimum atomic E-state index is 0.369. The van der Waals surface area contributed by atoms with Crippen LogP contribution in [0.1, 0.15) is 46.0 Å². The summed E-state index contributed by atoms with van der Waals surface area (Å²) in [7, 11) is 0. The van der Waals surface area contributed by atoms with Crippen LogP contribution in [-0.2, 0) is 0 Å². The molecule has 3 atom stereocenters. The van der Waals surface area contributed by atoms with E-state index in [9.17, 15) is 0 Å². The van der Waals surface area contributed by atoms with Gasteiger partial charge in [0.15, 0.2) is 0 Å². The van der Waals surface area contributed by atoms with E-state index in [1.54, 1.807) is 0 Å². The minimum Gasteiger partial charge on any atom is -0.396 e. The molecule has 14 heavy (non-hydrogen) atoms. The minimum absolute atomic E-state index is 0.369. The maximum atomic E-state index is 8.97. The average molecular weight is 197 g/mol. The number of rotatable bonds is 3. The van der Waals surface area contributed by atoms with Crippen LogP contribution >= 0.6 is 0 Å². The first kappa shape index (κ1) is 10.4. The molecule has 1 unspecified atom stereocenters. The molecular formula is C12H23NO. The third-order valence-corrected chi connectivity index (χ3v) is 3.81. The Bertz CT molecular complexity index is 202. The third kappa shape index (κ3) is 2.48. The van der Waals surface area contributed by atoms with E-state index in [1.165, 1.54) is 32.1 Å². The quantitative estimate of drug-likeness (QED) is 0.724. The Balaban J connectivity index is 1.76. The molecule has 0 aromatic heterocycles. The zero-order valence-electron chi connectivity index (χ0n) is 9.42. The largest absolute Gasteiger partial charge is 0.396 e. The predicted molar refractivity (Wildman–Crippen MR) is 58.2 cm³/mol. The molecule has 82 valence electrons. The Labute approximate surface area is 87.1 Å². The zero-order valence-corrected chi connectivity index (χ0v) is 9.42. The van der Waals surface area contributed by atoms with Crippen molar-refractivity contribution in [3.8, 4) is 0 Å². The average Bonchev–Trinajstić information content (AvgIpc) is 2.81. The maximum Gasteiger partial charge on any atom is 0.0474 e. The second-order valence-electron chi connectivity index (χ2n) is 5.91. The molecule has 0 heterocycles. The number of aliphatic hydroxyl groups is 1. The highest BCUT2D eigenvalue weighted by atomic mass is 16.3. The first-order chi connectivity index (χ1) is 6.61. The SMILES string of the molecule is CC1(C)CCCC(N[C@@H]2C[C@H]2CO)C1. The standard InChI is InChI=1S/C12H23NO/c1-12(2)5-3-4-10(7-12)13-11-6-9(11)8-14/h9-11,13-14H,3-8H2,1-2H3/t9-,10?,11+/m0/s1. The lowest BCUT2D eigenvalue weighted by Crippen LogP contribution is -2.39. The van der Waals surface area contributed by atoms with Gasteiger partial charge in [-0.25, -0.2) is 0 Å². The Morgan fingerprint density at radius 1 is 1.43 bits per heavy atom. The van der Waals surface area contributed by atoms with Crippen LogP contribution in [0.4, 0.5) is 0 Å². The van der Waals surface area contributed by atoms with Crippen molar-refractivity contribution >= 4 is 0 Å². The number of aliphatic hydroxyl groups excluding tert-OH is 1. The van der Waals surface area contributed by atoms with Crippen molar-refractivity contribution in [2.45, 2.75) is 58.0 Å². The van der Waals surface area contributed by atoms with Crippen molar-refractivity contribution in [2.24, 2.45) is 11.3 Å². The summed E-state index contributed by atoms with van der Waals surface area (Å²) in [5.74, 6) is 0.556. The Hall–Kier alpha value is -0.0800. The van der Waals surface area contributed by atoms with E-state index in [0.29, 0.717) is 30.0 Å². The van der Waals surface area contributed by atoms with Gasteiger partial charge in [-0.2, -0.15) is 0 Å². The van der Waals surface area contributed by atoms with Crippen LogP contribution in [0.5, 0.6) is 0 Å². The van der Waals surface area contributed by atoms with Gasteiger partial charge in [-0.05, 0) is 37.0 Å². The highest BCUT2D eigenvalue weighted by Crippen LogP contribution is 2.37. The summed E-state index contributed by atoms with van der Waals surface area (Å²) in [5, 5.41) is 12.7. The molecule has 0 amide bonds. The van der Waals surface area contributed by atoms with Gasteiger partial charge >= 0.3 is 0 Å². The summed E-state index contributed by atoms with van der Waals surface area (Å²) >= 11 is 0. The summed E-state index contributed by atoms with van der Waals surface area (Å²) in [4.78, 5) is 0. The summed E-state index contributed by atoms with van der Waals surface area (Å²) < 4.78 is 0. The Morgan fingerprint density at radius 2 is 2.21 bits per heavy atom. The predicted octanol–water partition coefficient (Wildman–Crippen LogP) is 1.93. The van der Waals surface area contributed by atoms with Crippen LogP contribution in [0.25, 0.3) is 0 Å². The smallest absolute Gasteiger partial charge is 0.0474 e. The van der Waals surface area contributed by atoms with Gasteiger partial charge in [0.1, 0.15) is 0 Å². The van der Waals surface area contributed by atoms with Crippen LogP contribution in [-0.4, -0.2) is 23.8 Å². The van der Waals surface area contributed by atoms with E-state index in [4.69, 9.17) is 5.11 Å². The van der Waals surface area contributed by atoms with Crippen LogP contribution in [0.3, 0.4) is 0 Å². The molecule has 2 aliphatic rings. The van der Waals surface area contributed by atoms with Crippen molar-refractivity contribution in [3.63, 3.8) is 0 Å². The fourth-order valence-electron chi connectivity index (χ4n) is 2.80. The van der Waals surface area contributed by atoms with Crippen molar-refractivity contribution < 1.29 is 5.11 Å². The molecule has 0 bridgehead atoms. The van der Waals surface area contributed by atoms with Crippen molar-refractivity contribution in [1.82, 2.24) is 5.32 Å². The van der Waals surface area contributed by atoms with E-state index in [-0.39, 0.29) is 0 Å². The molecule has 2 saturated carbocycles. The van der Waals surface area contributed by atoms with Gasteiger partial charge in [-0.1, -0.05) is 20.3 Å². The van der Waals surface area contributed by atoms with Gasteiger partial charge in [-0.3, -0.25) is 0 Å². The molecule has 2 heteroatoms. The topological polar surface area (TPSA) is 32.3 Å². The molecule has 0 aromatic carbocycles. The summed E-state index contributed by atoms with van der Waals surface area (Å²) in [5.41, 5.74) is 0.527. The highest BCUT2D eigenvalue weighted by molar-refractivity contribution is 4.96. The van der Waals surface area contributed by atoms with Gasteiger partial charge in [-0.15, -0.1) is 0 Å². The second-order valence-corrected chi connectivity index (χ2v) is 5.91. The molecule has 0 spiro atoms. The fourth-order valence-corrected chi connectivity index (χ4v) is 2.80. The lowest BCUT2D eigenvalue weighted by molar-refractivity contribution is 0.193. The number of nitrogens with one attached hydrogen (secondary N) is 1. The van der Waals surface area contributed by atoms with Crippen molar-refractivity contribution in [2.75, 3.05) is 6.61 Å². The molecule has 2 aliphatic carbocycles. The molecule has 2 N–H and O–H groups in total. The van der Waals surface area contributed by atoms with E-state index >= 15 is 0 Å². The Morgan fingerprint density at radius 3 is 2.79 bits per heavy atom. The van der Waals surface area contributed by atoms with Gasteiger partial charge in [0.05, 0.1) is 0 Å². The van der Waals surface area contributed by atoms with E-state index in [0.717, 1.165) is 0 Å². The van der Waals surface area contributed by atoms with Gasteiger partial charge in [0.2, 0.25) is 0 Å². The monoisotopic (exact) mass is 197 g/mol. The highest BCUT2D eigenvalue weighted by Gasteiger charge is 2.39. The van der Waals surface area contributed by atoms with Crippen LogP contribution in [0.15, 0.2) is 0 Å². The van der Waals surface area contributed by atoms with E-state index in [2.05, 4.69) is 19.2 Å². The molecule has 0 aliphatic heterocycles. The number of hydrogen-bond donors (Lipinski definition) is 2. The van der Waals surface area contributed by atoms with Crippen LogP contribution < -0.4 is 5.32 Å². The summed E-state index contributed by atoms with van der Waals surface area (Å²) in [6, 6.07) is 1.33. The molecule has 0 radical (unpaired) electrons. The Kier molecular flexibility index (Phi) is 2.85. The fraction of sp³-hybridized carbons (Fsp3) is 1.00. The van der Waals surface area contributed by atoms with Crippen molar-refractivity contribution in [3.05, 3.63) is 0 Å². The van der Waals surface area contributed by atoms with Gasteiger partial charge in [0, 0.05) is 18.7 Å². The van der Waals surface area contributed by atoms with Crippen LogP contribution in [0.2, 0.25) is 0 Å². The lowest BCUT2D eigenvalue weighted by Gasteiger charge is -2.35. The molecule has 2 fully saturated rings. The molecule has 2 rings (SSSR count). The number of hydrogen-bond acceptors (Lipinski definition) is 2. The van der Waals surface area contributed by atoms with E-state index in [1.807, 2.05) is 0 Å². The summed E-state index contributed by atoms with van der Waals surface area (Å²) in [6.07, 6.45) is 6.56. The first-order valence-electron chi connectivity index (χ1n) is 5.98. The second kappa shape index (κ2) is 3.82. The summed E-state index contributed by atoms with van der Waals surface area (Å²) in [6.45, 7) is 5.11. The maximum absolute atomic E-state index is 8.97. The zero-order chi connectivity index (χ0) is 10.2. The van der Waals surface area contributed by atoms with Gasteiger partial charge in [0.25, 0.3) is 0 Å². The van der Waals surface area contributed by atoms with Gasteiger partial charge < -0.3 is 10.4 Å². The third-order valence-electron chi connectivity index (χ3n) is 3.81. The first-order valence-corrected chi connectivity index (χ1v) is 5.98. The molecule has 0 saturated heterocycles. The molecular weight excluding hydrogens is 174 g/mol. The van der Waals surface area contributed by atoms with Crippen molar-refractivity contribution in [1.29, 1.82) is 0 Å². The molecule has 0 aromatic rings. The normalized spacial score (nSPS) is 40.9. The lowest BCUT2D eigenvalue weighted by atomic mass is 9.75. The van der Waals surface area contributed by atoms with E-state index < -0.39 is 0 Å². The molecule has 2 nitrogen and oxygen atoms in total. The van der Waals surface area contributed by atoms with Crippen LogP contribution in [0, 0.1) is 11.3 Å².